The quantitative estimate of drug-likeness (QED) is 0.122. The Morgan fingerprint density at radius 3 is 1.41 bits per heavy atom. The fraction of sp³-hybridized carbons (Fsp3) is 0.412. The van der Waals surface area contributed by atoms with E-state index in [-0.39, 0.29) is 11.1 Å². The van der Waals surface area contributed by atoms with Crippen LogP contribution in [0, 0.1) is 0 Å². The van der Waals surface area contributed by atoms with Gasteiger partial charge in [0.05, 0.1) is 0 Å². The van der Waals surface area contributed by atoms with E-state index >= 15 is 26.3 Å². The number of hydrogen-bond donors (Lipinski definition) is 0. The first-order chi connectivity index (χ1) is 20.6. The maximum atomic E-state index is 15.0. The summed E-state index contributed by atoms with van der Waals surface area (Å²) in [4.78, 5) is 0. The second kappa shape index (κ2) is 13.4. The first-order valence-corrected chi connectivity index (χ1v) is 31.6. The van der Waals surface area contributed by atoms with Crippen molar-refractivity contribution in [2.75, 3.05) is 0 Å². The van der Waals surface area contributed by atoms with Crippen LogP contribution in [0.3, 0.4) is 0 Å². The van der Waals surface area contributed by atoms with Crippen LogP contribution >= 0.6 is 17.0 Å². The fourth-order valence-electron chi connectivity index (χ4n) is 6.72. The molecule has 0 nitrogen and oxygen atoms in total. The molecule has 0 spiro atoms. The van der Waals surface area contributed by atoms with Gasteiger partial charge in [0.15, 0.2) is 0 Å². The van der Waals surface area contributed by atoms with Crippen molar-refractivity contribution in [2.24, 2.45) is 0 Å². The van der Waals surface area contributed by atoms with Crippen molar-refractivity contribution in [3.05, 3.63) is 93.1 Å². The van der Waals surface area contributed by atoms with Gasteiger partial charge in [0, 0.05) is 0 Å². The van der Waals surface area contributed by atoms with Gasteiger partial charge in [-0.2, -0.15) is 0 Å². The number of allylic oxidation sites excluding steroid dienone is 4. The standard InChI is InChI=1S/2C16H16F3.C2H7Si.2ClH.Zr/c2*1-2-3-4-5-7-12-8-6-9-13-10-14(11-15(12)13)16(17,18)19;1-3-2;;;/h2*5-11H,2-4H2,1H3;3H,1-2H3;2*1H;/q;;;;;+2/p-2. The van der Waals surface area contributed by atoms with Crippen LogP contribution in [0.1, 0.15) is 93.0 Å². The van der Waals surface area contributed by atoms with Crippen molar-refractivity contribution >= 4 is 47.3 Å². The molecule has 4 rings (SSSR count). The summed E-state index contributed by atoms with van der Waals surface area (Å²) in [6.45, 7) is 7.56. The number of fused-ring (bicyclic) bond motifs is 2. The van der Waals surface area contributed by atoms with Crippen molar-refractivity contribution in [1.82, 2.24) is 0 Å². The molecule has 0 aliphatic heterocycles. The fourth-order valence-corrected chi connectivity index (χ4v) is 36.8. The number of unbranched alkanes of at least 4 members (excludes halogenated alkanes) is 4. The topological polar surface area (TPSA) is 0 Å². The van der Waals surface area contributed by atoms with Gasteiger partial charge in [-0.05, 0) is 0 Å². The molecule has 2 unspecified atom stereocenters. The Kier molecular flexibility index (Phi) is 10.8. The van der Waals surface area contributed by atoms with E-state index < -0.39 is 52.2 Å². The van der Waals surface area contributed by atoms with Crippen LogP contribution in [0.15, 0.2) is 59.7 Å². The van der Waals surface area contributed by atoms with Gasteiger partial charge in [-0.15, -0.1) is 0 Å². The number of hydrogen-bond acceptors (Lipinski definition) is 0. The van der Waals surface area contributed by atoms with Gasteiger partial charge < -0.3 is 0 Å². The summed E-state index contributed by atoms with van der Waals surface area (Å²) >= 11 is -6.30. The van der Waals surface area contributed by atoms with E-state index in [1.807, 2.05) is 12.2 Å². The van der Waals surface area contributed by atoms with E-state index in [0.717, 1.165) is 50.7 Å². The third-order valence-corrected chi connectivity index (χ3v) is 60.7. The predicted octanol–water partition coefficient (Wildman–Crippen LogP) is 12.8. The Labute approximate surface area is 265 Å². The van der Waals surface area contributed by atoms with Gasteiger partial charge in [-0.25, -0.2) is 0 Å². The molecule has 2 aromatic rings. The zero-order valence-corrected chi connectivity index (χ0v) is 30.6. The monoisotopic (exact) mass is 749 g/mol. The number of benzene rings is 2. The molecule has 2 atom stereocenters. The van der Waals surface area contributed by atoms with Crippen LogP contribution in [-0.4, -0.2) is 18.3 Å². The van der Waals surface area contributed by atoms with Crippen molar-refractivity contribution in [3.8, 4) is 0 Å². The molecule has 0 amide bonds. The van der Waals surface area contributed by atoms with Gasteiger partial charge in [0.1, 0.15) is 0 Å². The molecule has 0 saturated carbocycles. The number of rotatable bonds is 11. The van der Waals surface area contributed by atoms with Gasteiger partial charge in [0.2, 0.25) is 0 Å². The summed E-state index contributed by atoms with van der Waals surface area (Å²) in [5.74, 6) is -2.63. The van der Waals surface area contributed by atoms with Crippen LogP contribution in [-0.2, 0) is 15.6 Å². The minimum absolute atomic E-state index is 0.289. The molecule has 2 aliphatic carbocycles. The van der Waals surface area contributed by atoms with Gasteiger partial charge >= 0.3 is 267 Å². The summed E-state index contributed by atoms with van der Waals surface area (Å²) < 4.78 is 87.0. The average Bonchev–Trinajstić information content (AvgIpc) is 3.55. The van der Waals surface area contributed by atoms with Gasteiger partial charge in [-0.1, -0.05) is 0 Å². The minimum atomic E-state index is -6.30. The maximum absolute atomic E-state index is 15.0. The molecule has 0 radical (unpaired) electrons. The zero-order valence-electron chi connectivity index (χ0n) is 25.4. The average molecular weight is 752 g/mol. The van der Waals surface area contributed by atoms with Crippen LogP contribution < -0.4 is 0 Å². The molecule has 0 heterocycles. The van der Waals surface area contributed by atoms with Crippen LogP contribution in [0.2, 0.25) is 13.1 Å². The van der Waals surface area contributed by atoms with Gasteiger partial charge in [0.25, 0.3) is 0 Å². The zero-order chi connectivity index (χ0) is 32.5. The van der Waals surface area contributed by atoms with E-state index in [9.17, 15) is 0 Å². The molecule has 44 heavy (non-hydrogen) atoms. The van der Waals surface area contributed by atoms with Crippen LogP contribution in [0.5, 0.6) is 0 Å². The van der Waals surface area contributed by atoms with Crippen molar-refractivity contribution in [2.45, 2.75) is 85.1 Å². The van der Waals surface area contributed by atoms with E-state index in [1.165, 1.54) is 0 Å². The molecule has 239 valence electrons. The van der Waals surface area contributed by atoms with E-state index in [1.54, 1.807) is 61.6 Å². The summed E-state index contributed by atoms with van der Waals surface area (Å²) in [6.07, 6.45) is 5.30. The normalized spacial score (nSPS) is 19.8. The molecule has 0 N–H and O–H groups in total. The molecule has 10 heteroatoms. The van der Waals surface area contributed by atoms with E-state index in [0.29, 0.717) is 22.3 Å². The molecule has 2 aromatic carbocycles. The second-order valence-corrected chi connectivity index (χ2v) is 54.7. The Morgan fingerprint density at radius 1 is 0.705 bits per heavy atom. The first-order valence-electron chi connectivity index (χ1n) is 15.3. The van der Waals surface area contributed by atoms with Crippen LogP contribution in [0.4, 0.5) is 26.3 Å². The molecule has 0 bridgehead atoms. The molecule has 0 aromatic heterocycles. The predicted molar refractivity (Wildman–Crippen MR) is 174 cm³/mol. The third-order valence-electron chi connectivity index (χ3n) is 9.10. The molecule has 2 aliphatic rings. The molecule has 0 fully saturated rings. The van der Waals surface area contributed by atoms with Gasteiger partial charge in [-0.3, -0.25) is 0 Å². The Hall–Kier alpha value is -1.34. The summed E-state index contributed by atoms with van der Waals surface area (Å²) in [7, 11) is 15.4. The first kappa shape index (κ1) is 35.5. The molecular weight excluding hydrogens is 713 g/mol. The Bertz CT molecular complexity index is 1390. The van der Waals surface area contributed by atoms with E-state index in [2.05, 4.69) is 13.8 Å². The Morgan fingerprint density at radius 2 is 1.09 bits per heavy atom. The van der Waals surface area contributed by atoms with Crippen molar-refractivity contribution in [1.29, 1.82) is 0 Å². The third kappa shape index (κ3) is 6.57. The van der Waals surface area contributed by atoms with Crippen molar-refractivity contribution in [3.63, 3.8) is 0 Å². The molecular formula is C34H39Cl2F6SiZr. The summed E-state index contributed by atoms with van der Waals surface area (Å²) in [5.41, 5.74) is 0.575. The second-order valence-electron chi connectivity index (χ2n) is 12.2. The Balaban J connectivity index is 2.00. The van der Waals surface area contributed by atoms with E-state index in [4.69, 9.17) is 17.0 Å². The SMILES string of the molecule is CCCCC=Cc1cccc2c1C=C(C(F)(F)F)[CH]2[Zr]([Cl])([Cl])([CH]1C(C(F)(F)F)=Cc2c(C=CCCCC)cccc21)[SiH](C)C. The summed E-state index contributed by atoms with van der Waals surface area (Å²) in [5, 5.41) is 0. The number of halogens is 8. The summed E-state index contributed by atoms with van der Waals surface area (Å²) in [6, 6.07) is 9.94. The van der Waals surface area contributed by atoms with Crippen LogP contribution in [0.25, 0.3) is 24.3 Å². The van der Waals surface area contributed by atoms with Crippen molar-refractivity contribution < 1.29 is 41.9 Å². The number of alkyl halides is 6. The molecule has 0 saturated heterocycles.